The zero-order valence-corrected chi connectivity index (χ0v) is 11.8. The molecular weight excluding hydrogens is 242 g/mol. The molecule has 1 saturated carbocycles. The number of aromatic nitrogens is 3. The van der Waals surface area contributed by atoms with Gasteiger partial charge >= 0.3 is 0 Å². The molecular formula is C14H19N3S. The summed E-state index contributed by atoms with van der Waals surface area (Å²) in [5.41, 5.74) is 3.11. The number of hydrogen-bond donors (Lipinski definition) is 1. The lowest BCUT2D eigenvalue weighted by Crippen LogP contribution is -2.08. The van der Waals surface area contributed by atoms with Crippen LogP contribution >= 0.6 is 12.2 Å². The molecule has 2 heterocycles. The van der Waals surface area contributed by atoms with Gasteiger partial charge in [0.1, 0.15) is 0 Å². The van der Waals surface area contributed by atoms with Gasteiger partial charge in [-0.25, -0.2) is 4.98 Å². The van der Waals surface area contributed by atoms with E-state index in [1.165, 1.54) is 19.3 Å². The molecule has 0 spiro atoms. The van der Waals surface area contributed by atoms with Crippen LogP contribution in [0.2, 0.25) is 0 Å². The monoisotopic (exact) mass is 261 g/mol. The quantitative estimate of drug-likeness (QED) is 0.833. The van der Waals surface area contributed by atoms with Crippen LogP contribution in [0.1, 0.15) is 31.9 Å². The first kappa shape index (κ1) is 11.9. The molecule has 0 aromatic carbocycles. The van der Waals surface area contributed by atoms with E-state index in [4.69, 9.17) is 12.2 Å². The van der Waals surface area contributed by atoms with Gasteiger partial charge in [-0.1, -0.05) is 13.3 Å². The van der Waals surface area contributed by atoms with E-state index in [1.54, 1.807) is 0 Å². The number of fused-ring (bicyclic) bond motifs is 1. The van der Waals surface area contributed by atoms with Crippen molar-refractivity contribution in [2.24, 2.45) is 11.8 Å². The highest BCUT2D eigenvalue weighted by Crippen LogP contribution is 2.32. The second-order valence-electron chi connectivity index (χ2n) is 5.65. The van der Waals surface area contributed by atoms with E-state index >= 15 is 0 Å². The third-order valence-corrected chi connectivity index (χ3v) is 4.32. The molecule has 1 fully saturated rings. The van der Waals surface area contributed by atoms with Gasteiger partial charge in [-0.15, -0.1) is 0 Å². The largest absolute Gasteiger partial charge is 0.329 e. The Labute approximate surface area is 112 Å². The Morgan fingerprint density at radius 1 is 1.44 bits per heavy atom. The van der Waals surface area contributed by atoms with Gasteiger partial charge in [-0.3, -0.25) is 0 Å². The minimum atomic E-state index is 0.757. The molecule has 2 atom stereocenters. The number of pyridine rings is 1. The molecule has 0 bridgehead atoms. The zero-order valence-electron chi connectivity index (χ0n) is 10.9. The maximum atomic E-state index is 5.43. The first-order valence-electron chi connectivity index (χ1n) is 6.69. The van der Waals surface area contributed by atoms with Gasteiger partial charge in [0.2, 0.25) is 0 Å². The average Bonchev–Trinajstić information content (AvgIpc) is 2.86. The Morgan fingerprint density at radius 2 is 2.28 bits per heavy atom. The molecule has 0 radical (unpaired) electrons. The highest BCUT2D eigenvalue weighted by Gasteiger charge is 2.22. The SMILES string of the molecule is Cc1ccc2[nH]c(=S)n(CC3CCC(C)C3)c2n1. The molecule has 0 aliphatic heterocycles. The van der Waals surface area contributed by atoms with Crippen LogP contribution in [0.3, 0.4) is 0 Å². The number of rotatable bonds is 2. The number of hydrogen-bond acceptors (Lipinski definition) is 2. The molecule has 3 rings (SSSR count). The van der Waals surface area contributed by atoms with E-state index in [0.717, 1.165) is 40.0 Å². The highest BCUT2D eigenvalue weighted by atomic mass is 32.1. The Hall–Kier alpha value is -1.16. The number of H-pyrrole nitrogens is 1. The standard InChI is InChI=1S/C14H19N3S/c1-9-3-5-11(7-9)8-17-13-12(16-14(17)18)6-4-10(2)15-13/h4,6,9,11H,3,5,7-8H2,1-2H3,(H,16,18). The predicted octanol–water partition coefficient (Wildman–Crippen LogP) is 3.84. The lowest BCUT2D eigenvalue weighted by Gasteiger charge is -2.11. The van der Waals surface area contributed by atoms with Crippen molar-refractivity contribution in [3.05, 3.63) is 22.6 Å². The van der Waals surface area contributed by atoms with E-state index in [1.807, 2.05) is 13.0 Å². The van der Waals surface area contributed by atoms with Crippen molar-refractivity contribution in [3.63, 3.8) is 0 Å². The number of nitrogens with zero attached hydrogens (tertiary/aromatic N) is 2. The maximum Gasteiger partial charge on any atom is 0.179 e. The Kier molecular flexibility index (Phi) is 2.98. The first-order valence-corrected chi connectivity index (χ1v) is 7.10. The summed E-state index contributed by atoms with van der Waals surface area (Å²) in [6.07, 6.45) is 3.99. The fraction of sp³-hybridized carbons (Fsp3) is 0.571. The Balaban J connectivity index is 1.98. The number of aromatic amines is 1. The summed E-state index contributed by atoms with van der Waals surface area (Å²) in [7, 11) is 0. The van der Waals surface area contributed by atoms with Crippen LogP contribution in [0.4, 0.5) is 0 Å². The molecule has 2 unspecified atom stereocenters. The predicted molar refractivity (Wildman–Crippen MR) is 76.2 cm³/mol. The van der Waals surface area contributed by atoms with Crippen molar-refractivity contribution >= 4 is 23.4 Å². The molecule has 18 heavy (non-hydrogen) atoms. The Morgan fingerprint density at radius 3 is 3.00 bits per heavy atom. The van der Waals surface area contributed by atoms with E-state index < -0.39 is 0 Å². The summed E-state index contributed by atoms with van der Waals surface area (Å²) in [5.74, 6) is 1.62. The molecule has 3 nitrogen and oxygen atoms in total. The third-order valence-electron chi connectivity index (χ3n) is 4.00. The van der Waals surface area contributed by atoms with Gasteiger partial charge in [0, 0.05) is 12.2 Å². The molecule has 2 aromatic rings. The topological polar surface area (TPSA) is 33.6 Å². The normalized spacial score (nSPS) is 23.9. The molecule has 0 saturated heterocycles. The number of aryl methyl sites for hydroxylation is 1. The van der Waals surface area contributed by atoms with Gasteiger partial charge in [0.25, 0.3) is 0 Å². The molecule has 1 aliphatic carbocycles. The third kappa shape index (κ3) is 2.09. The molecule has 1 N–H and O–H groups in total. The number of nitrogens with one attached hydrogen (secondary N) is 1. The van der Waals surface area contributed by atoms with Crippen LogP contribution in [0.15, 0.2) is 12.1 Å². The van der Waals surface area contributed by atoms with Gasteiger partial charge in [-0.05, 0) is 56.0 Å². The highest BCUT2D eigenvalue weighted by molar-refractivity contribution is 7.71. The first-order chi connectivity index (χ1) is 8.63. The van der Waals surface area contributed by atoms with Crippen LogP contribution in [0.5, 0.6) is 0 Å². The van der Waals surface area contributed by atoms with Crippen LogP contribution in [0, 0.1) is 23.5 Å². The fourth-order valence-corrected chi connectivity index (χ4v) is 3.31. The lowest BCUT2D eigenvalue weighted by molar-refractivity contribution is 0.443. The average molecular weight is 261 g/mol. The van der Waals surface area contributed by atoms with Crippen molar-refractivity contribution in [3.8, 4) is 0 Å². The zero-order chi connectivity index (χ0) is 12.7. The van der Waals surface area contributed by atoms with Crippen molar-refractivity contribution in [1.82, 2.24) is 14.5 Å². The summed E-state index contributed by atoms with van der Waals surface area (Å²) < 4.78 is 2.99. The van der Waals surface area contributed by atoms with Crippen molar-refractivity contribution < 1.29 is 0 Å². The molecule has 0 amide bonds. The van der Waals surface area contributed by atoms with Crippen LogP contribution in [0.25, 0.3) is 11.2 Å². The van der Waals surface area contributed by atoms with Crippen LogP contribution < -0.4 is 0 Å². The van der Waals surface area contributed by atoms with Gasteiger partial charge in [0.05, 0.1) is 5.52 Å². The fourth-order valence-electron chi connectivity index (χ4n) is 3.04. The molecule has 96 valence electrons. The van der Waals surface area contributed by atoms with E-state index in [9.17, 15) is 0 Å². The minimum Gasteiger partial charge on any atom is -0.329 e. The summed E-state index contributed by atoms with van der Waals surface area (Å²) in [5, 5.41) is 0. The lowest BCUT2D eigenvalue weighted by atomic mass is 10.1. The smallest absolute Gasteiger partial charge is 0.179 e. The molecule has 2 aromatic heterocycles. The van der Waals surface area contributed by atoms with Crippen molar-refractivity contribution in [1.29, 1.82) is 0 Å². The van der Waals surface area contributed by atoms with E-state index in [-0.39, 0.29) is 0 Å². The van der Waals surface area contributed by atoms with Crippen molar-refractivity contribution in [2.45, 2.75) is 39.7 Å². The Bertz CT molecular complexity index is 625. The summed E-state index contributed by atoms with van der Waals surface area (Å²) in [6.45, 7) is 5.38. The number of imidazole rings is 1. The maximum absolute atomic E-state index is 5.43. The van der Waals surface area contributed by atoms with Gasteiger partial charge < -0.3 is 9.55 Å². The summed E-state index contributed by atoms with van der Waals surface area (Å²) in [4.78, 5) is 7.88. The minimum absolute atomic E-state index is 0.757. The van der Waals surface area contributed by atoms with Crippen LogP contribution in [-0.4, -0.2) is 14.5 Å². The van der Waals surface area contributed by atoms with Crippen LogP contribution in [-0.2, 0) is 6.54 Å². The van der Waals surface area contributed by atoms with Crippen molar-refractivity contribution in [2.75, 3.05) is 0 Å². The summed E-state index contributed by atoms with van der Waals surface area (Å²) >= 11 is 5.43. The van der Waals surface area contributed by atoms with Gasteiger partial charge in [0.15, 0.2) is 10.4 Å². The van der Waals surface area contributed by atoms with Gasteiger partial charge in [-0.2, -0.15) is 0 Å². The van der Waals surface area contributed by atoms with E-state index in [2.05, 4.69) is 27.5 Å². The second-order valence-corrected chi connectivity index (χ2v) is 6.04. The molecule has 4 heteroatoms. The van der Waals surface area contributed by atoms with E-state index in [0.29, 0.717) is 0 Å². The molecule has 1 aliphatic rings. The summed E-state index contributed by atoms with van der Waals surface area (Å²) in [6, 6.07) is 4.09. The second kappa shape index (κ2) is 4.50.